The van der Waals surface area contributed by atoms with Crippen LogP contribution in [0.4, 0.5) is 18.9 Å². The standard InChI is InChI=1S/C21H22F3N3O3/c1-9-17-11(19(28)12(20(29)30)6-27(17)16-3-14(16)23)2-15(24)18(9)26-7-13-10(5-22)4-21(13,25)8-26/h2,6,10,13-14,16H,3-5,7-8,25H2,1H3,(H,29,30)/t10?,13-,14-,16+,21+/m0/s1. The van der Waals surface area contributed by atoms with Crippen molar-refractivity contribution in [1.29, 1.82) is 0 Å². The molecule has 3 N–H and O–H groups in total. The number of carboxylic acid groups (broad SMARTS) is 1. The Bertz CT molecular complexity index is 1150. The third kappa shape index (κ3) is 2.54. The molecule has 2 saturated carbocycles. The Morgan fingerprint density at radius 3 is 2.73 bits per heavy atom. The van der Waals surface area contributed by atoms with Crippen LogP contribution in [0.2, 0.25) is 0 Å². The number of fused-ring (bicyclic) bond motifs is 2. The summed E-state index contributed by atoms with van der Waals surface area (Å²) in [6.45, 7) is 1.95. The van der Waals surface area contributed by atoms with Gasteiger partial charge in [-0.1, -0.05) is 0 Å². The second-order valence-corrected chi connectivity index (χ2v) is 8.97. The van der Waals surface area contributed by atoms with Crippen molar-refractivity contribution in [2.24, 2.45) is 17.6 Å². The van der Waals surface area contributed by atoms with Gasteiger partial charge in [-0.2, -0.15) is 0 Å². The summed E-state index contributed by atoms with van der Waals surface area (Å²) in [5, 5.41) is 9.29. The van der Waals surface area contributed by atoms with E-state index in [0.717, 1.165) is 12.3 Å². The molecule has 5 atom stereocenters. The Morgan fingerprint density at radius 2 is 2.13 bits per heavy atom. The normalized spacial score (nSPS) is 32.2. The number of aromatic nitrogens is 1. The smallest absolute Gasteiger partial charge is 0.341 e. The Kier molecular flexibility index (Phi) is 4.03. The van der Waals surface area contributed by atoms with Crippen molar-refractivity contribution < 1.29 is 23.1 Å². The van der Waals surface area contributed by atoms with Crippen molar-refractivity contribution in [3.8, 4) is 0 Å². The number of carbonyl (C=O) groups is 1. The minimum Gasteiger partial charge on any atom is -0.477 e. The van der Waals surface area contributed by atoms with Crippen molar-refractivity contribution >= 4 is 22.6 Å². The number of nitrogens with two attached hydrogens (primary N) is 1. The molecule has 1 unspecified atom stereocenters. The number of anilines is 1. The minimum atomic E-state index is -1.44. The van der Waals surface area contributed by atoms with Crippen LogP contribution < -0.4 is 16.1 Å². The highest BCUT2D eigenvalue weighted by Crippen LogP contribution is 2.50. The van der Waals surface area contributed by atoms with Crippen molar-refractivity contribution in [1.82, 2.24) is 4.57 Å². The topological polar surface area (TPSA) is 88.6 Å². The van der Waals surface area contributed by atoms with Crippen LogP contribution in [-0.2, 0) is 0 Å². The number of alkyl halides is 2. The maximum Gasteiger partial charge on any atom is 0.341 e. The van der Waals surface area contributed by atoms with Crippen LogP contribution >= 0.6 is 0 Å². The molecule has 30 heavy (non-hydrogen) atoms. The number of benzene rings is 1. The van der Waals surface area contributed by atoms with E-state index < -0.39 is 47.2 Å². The summed E-state index contributed by atoms with van der Waals surface area (Å²) in [7, 11) is 0. The summed E-state index contributed by atoms with van der Waals surface area (Å²) in [4.78, 5) is 26.0. The van der Waals surface area contributed by atoms with E-state index >= 15 is 4.39 Å². The van der Waals surface area contributed by atoms with Crippen LogP contribution in [0.15, 0.2) is 17.1 Å². The van der Waals surface area contributed by atoms with Gasteiger partial charge in [-0.3, -0.25) is 9.18 Å². The van der Waals surface area contributed by atoms with Gasteiger partial charge >= 0.3 is 5.97 Å². The molecule has 5 rings (SSSR count). The quantitative estimate of drug-likeness (QED) is 0.792. The summed E-state index contributed by atoms with van der Waals surface area (Å²) >= 11 is 0. The van der Waals surface area contributed by atoms with E-state index in [2.05, 4.69) is 0 Å². The van der Waals surface area contributed by atoms with Crippen molar-refractivity contribution in [3.05, 3.63) is 39.4 Å². The zero-order chi connectivity index (χ0) is 21.5. The number of hydrogen-bond acceptors (Lipinski definition) is 4. The fourth-order valence-electron chi connectivity index (χ4n) is 5.51. The number of halogens is 3. The molecule has 0 spiro atoms. The van der Waals surface area contributed by atoms with Gasteiger partial charge < -0.3 is 20.3 Å². The monoisotopic (exact) mass is 421 g/mol. The van der Waals surface area contributed by atoms with Gasteiger partial charge in [-0.25, -0.2) is 13.6 Å². The third-order valence-electron chi connectivity index (χ3n) is 7.11. The van der Waals surface area contributed by atoms with Gasteiger partial charge in [-0.15, -0.1) is 0 Å². The van der Waals surface area contributed by atoms with Crippen LogP contribution in [-0.4, -0.2) is 47.1 Å². The van der Waals surface area contributed by atoms with Crippen LogP contribution in [0, 0.1) is 24.6 Å². The fraction of sp³-hybridized carbons (Fsp3) is 0.524. The lowest BCUT2D eigenvalue weighted by molar-refractivity contribution is 0.0629. The predicted molar refractivity (Wildman–Crippen MR) is 105 cm³/mol. The molecule has 1 aromatic heterocycles. The number of rotatable bonds is 4. The van der Waals surface area contributed by atoms with E-state index in [-0.39, 0.29) is 29.3 Å². The predicted octanol–water partition coefficient (Wildman–Crippen LogP) is 2.55. The van der Waals surface area contributed by atoms with Crippen LogP contribution in [0.5, 0.6) is 0 Å². The lowest BCUT2D eigenvalue weighted by Gasteiger charge is -2.46. The summed E-state index contributed by atoms with van der Waals surface area (Å²) < 4.78 is 43.8. The first-order valence-electron chi connectivity index (χ1n) is 10.0. The molecule has 0 radical (unpaired) electrons. The molecule has 3 fully saturated rings. The maximum atomic E-state index is 15.2. The Labute approximate surface area is 170 Å². The molecular weight excluding hydrogens is 399 g/mol. The molecule has 2 aromatic rings. The molecule has 3 aliphatic rings. The molecule has 160 valence electrons. The number of carboxylic acids is 1. The number of nitrogens with zero attached hydrogens (tertiary/aromatic N) is 2. The zero-order valence-corrected chi connectivity index (χ0v) is 16.4. The molecule has 6 nitrogen and oxygen atoms in total. The van der Waals surface area contributed by atoms with Crippen molar-refractivity contribution in [2.45, 2.75) is 37.5 Å². The van der Waals surface area contributed by atoms with Gasteiger partial charge in [0.1, 0.15) is 17.6 Å². The van der Waals surface area contributed by atoms with Gasteiger partial charge in [0.05, 0.1) is 23.9 Å². The molecule has 1 aliphatic heterocycles. The van der Waals surface area contributed by atoms with E-state index in [1.165, 1.54) is 4.57 Å². The Hall–Kier alpha value is -2.55. The molecule has 0 bridgehead atoms. The number of pyridine rings is 1. The average Bonchev–Trinajstić information content (AvgIpc) is 3.34. The van der Waals surface area contributed by atoms with E-state index in [4.69, 9.17) is 5.73 Å². The first-order valence-corrected chi connectivity index (χ1v) is 10.0. The van der Waals surface area contributed by atoms with Gasteiger partial charge in [0.2, 0.25) is 5.43 Å². The van der Waals surface area contributed by atoms with Crippen LogP contribution in [0.1, 0.15) is 34.8 Å². The largest absolute Gasteiger partial charge is 0.477 e. The van der Waals surface area contributed by atoms with Crippen LogP contribution in [0.3, 0.4) is 0 Å². The third-order valence-corrected chi connectivity index (χ3v) is 7.11. The SMILES string of the molecule is Cc1c(N2C[C@H]3C(CF)C[C@@]3(N)C2)c(F)cc2c(=O)c(C(=O)O)cn([C@@H]3C[C@@H]3F)c12. The molecular formula is C21H22F3N3O3. The van der Waals surface area contributed by atoms with Crippen molar-refractivity contribution in [3.63, 3.8) is 0 Å². The number of hydrogen-bond donors (Lipinski definition) is 2. The molecule has 2 heterocycles. The molecule has 2 aliphatic carbocycles. The second-order valence-electron chi connectivity index (χ2n) is 8.97. The van der Waals surface area contributed by atoms with E-state index in [1.807, 2.05) is 0 Å². The summed E-state index contributed by atoms with van der Waals surface area (Å²) in [6.07, 6.45) is 0.755. The summed E-state index contributed by atoms with van der Waals surface area (Å²) in [5.41, 5.74) is 5.53. The number of aryl methyl sites for hydroxylation is 1. The molecule has 1 saturated heterocycles. The zero-order valence-electron chi connectivity index (χ0n) is 16.4. The highest BCUT2D eigenvalue weighted by atomic mass is 19.1. The Balaban J connectivity index is 1.69. The molecule has 0 amide bonds. The first kappa shape index (κ1) is 19.4. The summed E-state index contributed by atoms with van der Waals surface area (Å²) in [5.74, 6) is -2.32. The fourth-order valence-corrected chi connectivity index (χ4v) is 5.51. The van der Waals surface area contributed by atoms with Gasteiger partial charge in [0, 0.05) is 42.6 Å². The van der Waals surface area contributed by atoms with E-state index in [1.54, 1.807) is 11.8 Å². The molecule has 9 heteroatoms. The lowest BCUT2D eigenvalue weighted by atomic mass is 9.62. The van der Waals surface area contributed by atoms with Crippen LogP contribution in [0.25, 0.3) is 10.9 Å². The van der Waals surface area contributed by atoms with E-state index in [9.17, 15) is 23.5 Å². The molecule has 1 aromatic carbocycles. The summed E-state index contributed by atoms with van der Waals surface area (Å²) in [6, 6.07) is 0.448. The van der Waals surface area contributed by atoms with Gasteiger partial charge in [-0.05, 0) is 30.9 Å². The van der Waals surface area contributed by atoms with E-state index in [0.29, 0.717) is 30.6 Å². The van der Waals surface area contributed by atoms with Gasteiger partial charge in [0.25, 0.3) is 0 Å². The first-order chi connectivity index (χ1) is 14.2. The van der Waals surface area contributed by atoms with Gasteiger partial charge in [0.15, 0.2) is 0 Å². The highest BCUT2D eigenvalue weighted by molar-refractivity contribution is 5.95. The lowest BCUT2D eigenvalue weighted by Crippen LogP contribution is -2.60. The minimum absolute atomic E-state index is 0.0766. The van der Waals surface area contributed by atoms with Crippen molar-refractivity contribution in [2.75, 3.05) is 24.7 Å². The highest BCUT2D eigenvalue weighted by Gasteiger charge is 2.57. The average molecular weight is 421 g/mol. The second kappa shape index (κ2) is 6.23. The number of aromatic carboxylic acids is 1. The maximum absolute atomic E-state index is 15.2. The Morgan fingerprint density at radius 1 is 1.43 bits per heavy atom.